The molecule has 1 aromatic carbocycles. The van der Waals surface area contributed by atoms with Crippen LogP contribution in [0, 0.1) is 6.92 Å². The van der Waals surface area contributed by atoms with Gasteiger partial charge in [0.05, 0.1) is 10.7 Å². The number of ether oxygens (including phenoxy) is 1. The standard InChI is InChI=1S/C17H21N3O2S.2ClH/c1-12-19-15(11-23-12)10-22-16-6-2-4-13(8-16)17(21)20-14-5-3-7-18-9-14;;/h2,4,6,8,11,14,18H,3,5,7,9-10H2,1H3,(H,20,21);2*1H/t14-;;/m0../s1. The van der Waals surface area contributed by atoms with Gasteiger partial charge in [-0.25, -0.2) is 4.98 Å². The summed E-state index contributed by atoms with van der Waals surface area (Å²) in [5.41, 5.74) is 1.54. The van der Waals surface area contributed by atoms with E-state index in [0.29, 0.717) is 17.9 Å². The van der Waals surface area contributed by atoms with Gasteiger partial charge in [0.2, 0.25) is 0 Å². The van der Waals surface area contributed by atoms with Crippen molar-refractivity contribution in [1.82, 2.24) is 15.6 Å². The summed E-state index contributed by atoms with van der Waals surface area (Å²) >= 11 is 1.61. The van der Waals surface area contributed by atoms with Crippen LogP contribution in [0.4, 0.5) is 0 Å². The molecule has 1 aliphatic rings. The molecule has 1 aliphatic heterocycles. The Kier molecular flexibility index (Phi) is 9.21. The topological polar surface area (TPSA) is 63.2 Å². The number of nitrogens with zero attached hydrogens (tertiary/aromatic N) is 1. The van der Waals surface area contributed by atoms with Gasteiger partial charge in [-0.15, -0.1) is 36.2 Å². The van der Waals surface area contributed by atoms with Gasteiger partial charge in [0.1, 0.15) is 12.4 Å². The molecule has 2 aromatic rings. The molecule has 1 saturated heterocycles. The summed E-state index contributed by atoms with van der Waals surface area (Å²) in [5, 5.41) is 9.38. The molecule has 0 radical (unpaired) electrons. The van der Waals surface area contributed by atoms with Crippen LogP contribution in [0.1, 0.15) is 33.9 Å². The molecule has 8 heteroatoms. The van der Waals surface area contributed by atoms with E-state index in [-0.39, 0.29) is 36.8 Å². The van der Waals surface area contributed by atoms with E-state index in [1.54, 1.807) is 17.4 Å². The Morgan fingerprint density at radius 2 is 2.28 bits per heavy atom. The molecule has 0 bridgehead atoms. The highest BCUT2D eigenvalue weighted by atomic mass is 35.5. The quantitative estimate of drug-likeness (QED) is 0.802. The van der Waals surface area contributed by atoms with Gasteiger partial charge in [-0.1, -0.05) is 6.07 Å². The van der Waals surface area contributed by atoms with Crippen molar-refractivity contribution in [1.29, 1.82) is 0 Å². The van der Waals surface area contributed by atoms with E-state index >= 15 is 0 Å². The first kappa shape index (κ1) is 21.7. The Balaban J connectivity index is 0.00000156. The van der Waals surface area contributed by atoms with Gasteiger partial charge in [-0.2, -0.15) is 0 Å². The predicted molar refractivity (Wildman–Crippen MR) is 105 cm³/mol. The minimum Gasteiger partial charge on any atom is -0.487 e. The molecule has 5 nitrogen and oxygen atoms in total. The second-order valence-corrected chi connectivity index (χ2v) is 6.75. The third-order valence-electron chi connectivity index (χ3n) is 3.78. The molecule has 25 heavy (non-hydrogen) atoms. The lowest BCUT2D eigenvalue weighted by molar-refractivity contribution is 0.0930. The predicted octanol–water partition coefficient (Wildman–Crippen LogP) is 3.36. The summed E-state index contributed by atoms with van der Waals surface area (Å²) in [7, 11) is 0. The average molecular weight is 404 g/mol. The fourth-order valence-corrected chi connectivity index (χ4v) is 3.20. The van der Waals surface area contributed by atoms with Crippen LogP contribution in [0.3, 0.4) is 0 Å². The van der Waals surface area contributed by atoms with Crippen LogP contribution in [0.5, 0.6) is 5.75 Å². The molecular weight excluding hydrogens is 381 g/mol. The van der Waals surface area contributed by atoms with Crippen LogP contribution >= 0.6 is 36.2 Å². The maximum Gasteiger partial charge on any atom is 0.251 e. The fraction of sp³-hybridized carbons (Fsp3) is 0.412. The first-order valence-corrected chi connectivity index (χ1v) is 8.74. The molecule has 0 spiro atoms. The van der Waals surface area contributed by atoms with Gasteiger partial charge < -0.3 is 15.4 Å². The van der Waals surface area contributed by atoms with Gasteiger partial charge in [-0.05, 0) is 44.5 Å². The van der Waals surface area contributed by atoms with Crippen molar-refractivity contribution in [3.8, 4) is 5.75 Å². The van der Waals surface area contributed by atoms with Gasteiger partial charge in [0.25, 0.3) is 5.91 Å². The molecule has 1 atom stereocenters. The molecule has 138 valence electrons. The number of hydrogen-bond acceptors (Lipinski definition) is 5. The van der Waals surface area contributed by atoms with E-state index in [2.05, 4.69) is 15.6 Å². The van der Waals surface area contributed by atoms with Crippen LogP contribution in [0.25, 0.3) is 0 Å². The Bertz CT molecular complexity index is 675. The summed E-state index contributed by atoms with van der Waals surface area (Å²) < 4.78 is 5.74. The number of halogens is 2. The molecule has 2 heterocycles. The molecule has 0 aliphatic carbocycles. The summed E-state index contributed by atoms with van der Waals surface area (Å²) in [6.07, 6.45) is 2.12. The number of nitrogens with one attached hydrogen (secondary N) is 2. The molecule has 1 aromatic heterocycles. The average Bonchev–Trinajstić information content (AvgIpc) is 3.00. The van der Waals surface area contributed by atoms with Gasteiger partial charge in [0, 0.05) is 23.5 Å². The van der Waals surface area contributed by atoms with Gasteiger partial charge in [0.15, 0.2) is 0 Å². The second-order valence-electron chi connectivity index (χ2n) is 5.69. The zero-order valence-corrected chi connectivity index (χ0v) is 16.4. The van der Waals surface area contributed by atoms with E-state index in [0.717, 1.165) is 36.6 Å². The number of aryl methyl sites for hydroxylation is 1. The van der Waals surface area contributed by atoms with Gasteiger partial charge >= 0.3 is 0 Å². The SMILES string of the molecule is Cc1nc(COc2cccc(C(=O)N[C@H]3CCCNC3)c2)cs1.Cl.Cl. The van der Waals surface area contributed by atoms with E-state index in [1.165, 1.54) is 0 Å². The summed E-state index contributed by atoms with van der Waals surface area (Å²) in [6.45, 7) is 4.26. The minimum atomic E-state index is -0.0475. The van der Waals surface area contributed by atoms with E-state index in [9.17, 15) is 4.79 Å². The van der Waals surface area contributed by atoms with Gasteiger partial charge in [-0.3, -0.25) is 4.79 Å². The number of aromatic nitrogens is 1. The molecular formula is C17H23Cl2N3O2S. The lowest BCUT2D eigenvalue weighted by Gasteiger charge is -2.23. The Morgan fingerprint density at radius 1 is 1.44 bits per heavy atom. The summed E-state index contributed by atoms with van der Waals surface area (Å²) in [5.74, 6) is 0.638. The Morgan fingerprint density at radius 3 is 2.96 bits per heavy atom. The van der Waals surface area contributed by atoms with Crippen molar-refractivity contribution in [2.45, 2.75) is 32.4 Å². The van der Waals surface area contributed by atoms with E-state index in [1.807, 2.05) is 30.5 Å². The van der Waals surface area contributed by atoms with Crippen LogP contribution in [0.15, 0.2) is 29.6 Å². The lowest BCUT2D eigenvalue weighted by Crippen LogP contribution is -2.45. The second kappa shape index (κ2) is 10.6. The molecule has 3 rings (SSSR count). The number of carbonyl (C=O) groups is 1. The number of amides is 1. The van der Waals surface area contributed by atoms with Crippen molar-refractivity contribution in [3.05, 3.63) is 45.9 Å². The number of carbonyl (C=O) groups excluding carboxylic acids is 1. The van der Waals surface area contributed by atoms with Crippen molar-refractivity contribution in [3.63, 3.8) is 0 Å². The number of piperidine rings is 1. The van der Waals surface area contributed by atoms with Crippen LogP contribution < -0.4 is 15.4 Å². The highest BCUT2D eigenvalue weighted by molar-refractivity contribution is 7.09. The number of thiazole rings is 1. The molecule has 2 N–H and O–H groups in total. The highest BCUT2D eigenvalue weighted by Gasteiger charge is 2.16. The number of rotatable bonds is 5. The Labute approximate surface area is 164 Å². The molecule has 1 fully saturated rings. The minimum absolute atomic E-state index is 0. The monoisotopic (exact) mass is 403 g/mol. The number of benzene rings is 1. The van der Waals surface area contributed by atoms with Crippen molar-refractivity contribution in [2.24, 2.45) is 0 Å². The maximum absolute atomic E-state index is 12.3. The van der Waals surface area contributed by atoms with Crippen molar-refractivity contribution in [2.75, 3.05) is 13.1 Å². The van der Waals surface area contributed by atoms with Crippen LogP contribution in [-0.4, -0.2) is 30.0 Å². The fourth-order valence-electron chi connectivity index (χ4n) is 2.60. The maximum atomic E-state index is 12.3. The smallest absolute Gasteiger partial charge is 0.251 e. The molecule has 1 amide bonds. The third kappa shape index (κ3) is 6.47. The zero-order chi connectivity index (χ0) is 16.1. The third-order valence-corrected chi connectivity index (χ3v) is 4.60. The van der Waals surface area contributed by atoms with E-state index < -0.39 is 0 Å². The van der Waals surface area contributed by atoms with E-state index in [4.69, 9.17) is 4.74 Å². The summed E-state index contributed by atoms with van der Waals surface area (Å²) in [4.78, 5) is 16.7. The lowest BCUT2D eigenvalue weighted by atomic mass is 10.1. The van der Waals surface area contributed by atoms with Crippen LogP contribution in [0.2, 0.25) is 0 Å². The van der Waals surface area contributed by atoms with Crippen molar-refractivity contribution < 1.29 is 9.53 Å². The zero-order valence-electron chi connectivity index (χ0n) is 14.0. The van der Waals surface area contributed by atoms with Crippen LogP contribution in [-0.2, 0) is 6.61 Å². The normalized spacial score (nSPS) is 16.3. The molecule has 0 saturated carbocycles. The first-order chi connectivity index (χ1) is 11.2. The van der Waals surface area contributed by atoms with Crippen molar-refractivity contribution >= 4 is 42.1 Å². The first-order valence-electron chi connectivity index (χ1n) is 7.86. The molecule has 0 unspecified atom stereocenters. The number of hydrogen-bond donors (Lipinski definition) is 2. The largest absolute Gasteiger partial charge is 0.487 e. The Hall–Kier alpha value is -1.34. The highest BCUT2D eigenvalue weighted by Crippen LogP contribution is 2.16. The summed E-state index contributed by atoms with van der Waals surface area (Å²) in [6, 6.07) is 7.50.